The third-order valence-electron chi connectivity index (χ3n) is 1.13. The van der Waals surface area contributed by atoms with Crippen molar-refractivity contribution in [3.63, 3.8) is 0 Å². The third-order valence-corrected chi connectivity index (χ3v) is 1.91. The maximum absolute atomic E-state index is 12.3. The van der Waals surface area contributed by atoms with Crippen LogP contribution in [0.3, 0.4) is 0 Å². The molecule has 0 saturated heterocycles. The fourth-order valence-corrected chi connectivity index (χ4v) is 0.476. The topological polar surface area (TPSA) is 46.5 Å². The van der Waals surface area contributed by atoms with Gasteiger partial charge in [0, 0.05) is 0 Å². The molecule has 1 atom stereocenters. The molecule has 0 heterocycles. The average Bonchev–Trinajstić information content (AvgIpc) is 1.83. The van der Waals surface area contributed by atoms with Gasteiger partial charge in [-0.25, -0.2) is 4.79 Å². The van der Waals surface area contributed by atoms with E-state index < -0.39 is 16.4 Å². The Morgan fingerprint density at radius 2 is 2.00 bits per heavy atom. The number of rotatable bonds is 2. The van der Waals surface area contributed by atoms with Gasteiger partial charge in [-0.1, -0.05) is 0 Å². The van der Waals surface area contributed by atoms with Crippen molar-refractivity contribution < 1.29 is 23.4 Å². The molecular formula is C5H7BrF2O3. The minimum atomic E-state index is -3.69. The fourth-order valence-electron chi connectivity index (χ4n) is 0.314. The quantitative estimate of drug-likeness (QED) is 0.569. The molecule has 6 heteroatoms. The smallest absolute Gasteiger partial charge is 0.345 e. The lowest BCUT2D eigenvalue weighted by Crippen LogP contribution is -2.48. The Kier molecular flexibility index (Phi) is 2.96. The van der Waals surface area contributed by atoms with Crippen LogP contribution in [0.4, 0.5) is 8.78 Å². The van der Waals surface area contributed by atoms with Gasteiger partial charge in [0.25, 0.3) is 0 Å². The van der Waals surface area contributed by atoms with Crippen LogP contribution < -0.4 is 0 Å². The summed E-state index contributed by atoms with van der Waals surface area (Å²) in [5.74, 6) is -1.39. The standard InChI is InChI=1S/C5H7BrF2O3/c1-4(10,3(9)11-2)5(6,7)8/h10H,1-2H3/t4-/m1/s1. The molecule has 0 rings (SSSR count). The van der Waals surface area contributed by atoms with E-state index in [9.17, 15) is 13.6 Å². The van der Waals surface area contributed by atoms with E-state index in [1.165, 1.54) is 0 Å². The molecule has 66 valence electrons. The number of methoxy groups -OCH3 is 1. The van der Waals surface area contributed by atoms with Crippen LogP contribution in [-0.4, -0.2) is 28.6 Å². The number of esters is 1. The molecule has 0 aliphatic heterocycles. The van der Waals surface area contributed by atoms with E-state index >= 15 is 0 Å². The SMILES string of the molecule is COC(=O)[C@@](C)(O)C(F)(F)Br. The van der Waals surface area contributed by atoms with Crippen LogP contribution >= 0.6 is 15.9 Å². The molecule has 0 aliphatic rings. The molecule has 0 spiro atoms. The molecular weight excluding hydrogens is 226 g/mol. The number of carbonyl (C=O) groups excluding carboxylic acids is 1. The highest BCUT2D eigenvalue weighted by molar-refractivity contribution is 9.10. The van der Waals surface area contributed by atoms with E-state index in [4.69, 9.17) is 5.11 Å². The summed E-state index contributed by atoms with van der Waals surface area (Å²) in [6.07, 6.45) is 0. The first kappa shape index (κ1) is 10.8. The Hall–Kier alpha value is -0.230. The maximum atomic E-state index is 12.3. The summed E-state index contributed by atoms with van der Waals surface area (Å²) in [4.78, 5) is 6.81. The Morgan fingerprint density at radius 3 is 2.09 bits per heavy atom. The third kappa shape index (κ3) is 2.10. The molecule has 0 fully saturated rings. The predicted molar refractivity (Wildman–Crippen MR) is 36.5 cm³/mol. The van der Waals surface area contributed by atoms with Gasteiger partial charge in [-0.15, -0.1) is 0 Å². The lowest BCUT2D eigenvalue weighted by molar-refractivity contribution is -0.180. The Morgan fingerprint density at radius 1 is 1.64 bits per heavy atom. The van der Waals surface area contributed by atoms with Crippen LogP contribution in [0.25, 0.3) is 0 Å². The van der Waals surface area contributed by atoms with Crippen molar-refractivity contribution >= 4 is 21.9 Å². The van der Waals surface area contributed by atoms with Crippen LogP contribution in [0.15, 0.2) is 0 Å². The molecule has 0 saturated carbocycles. The van der Waals surface area contributed by atoms with Crippen molar-refractivity contribution in [2.75, 3.05) is 7.11 Å². The van der Waals surface area contributed by atoms with Gasteiger partial charge < -0.3 is 9.84 Å². The molecule has 0 aromatic carbocycles. The molecule has 0 aliphatic carbocycles. The van der Waals surface area contributed by atoms with E-state index in [1.807, 2.05) is 15.9 Å². The summed E-state index contributed by atoms with van der Waals surface area (Å²) in [5.41, 5.74) is -2.83. The highest BCUT2D eigenvalue weighted by Gasteiger charge is 2.53. The average molecular weight is 233 g/mol. The minimum absolute atomic E-state index is 0.660. The molecule has 0 radical (unpaired) electrons. The number of alkyl halides is 3. The molecule has 1 N–H and O–H groups in total. The Balaban J connectivity index is 4.59. The van der Waals surface area contributed by atoms with Gasteiger partial charge in [0.05, 0.1) is 7.11 Å². The molecule has 0 bridgehead atoms. The van der Waals surface area contributed by atoms with Gasteiger partial charge >= 0.3 is 10.8 Å². The van der Waals surface area contributed by atoms with Gasteiger partial charge in [-0.2, -0.15) is 8.78 Å². The minimum Gasteiger partial charge on any atom is -0.467 e. The van der Waals surface area contributed by atoms with Crippen LogP contribution in [0.2, 0.25) is 0 Å². The van der Waals surface area contributed by atoms with E-state index in [1.54, 1.807) is 0 Å². The molecule has 0 aromatic rings. The first-order valence-electron chi connectivity index (χ1n) is 2.61. The van der Waals surface area contributed by atoms with Crippen LogP contribution in [0.5, 0.6) is 0 Å². The fraction of sp³-hybridized carbons (Fsp3) is 0.800. The number of hydrogen-bond donors (Lipinski definition) is 1. The molecule has 0 aromatic heterocycles. The van der Waals surface area contributed by atoms with Gasteiger partial charge in [0.2, 0.25) is 5.60 Å². The second kappa shape index (κ2) is 3.02. The van der Waals surface area contributed by atoms with Crippen molar-refractivity contribution in [1.82, 2.24) is 0 Å². The second-order valence-corrected chi connectivity index (χ2v) is 3.06. The first-order chi connectivity index (χ1) is 4.73. The monoisotopic (exact) mass is 232 g/mol. The molecule has 0 amide bonds. The van der Waals surface area contributed by atoms with Crippen molar-refractivity contribution in [3.05, 3.63) is 0 Å². The normalized spacial score (nSPS) is 17.3. The highest BCUT2D eigenvalue weighted by atomic mass is 79.9. The van der Waals surface area contributed by atoms with Crippen LogP contribution in [0, 0.1) is 0 Å². The summed E-state index contributed by atoms with van der Waals surface area (Å²) in [6, 6.07) is 0. The lowest BCUT2D eigenvalue weighted by atomic mass is 10.1. The zero-order valence-corrected chi connectivity index (χ0v) is 7.48. The first-order valence-corrected chi connectivity index (χ1v) is 3.40. The number of hydrogen-bond acceptors (Lipinski definition) is 3. The van der Waals surface area contributed by atoms with E-state index in [0.29, 0.717) is 6.92 Å². The number of aliphatic hydroxyl groups is 1. The Labute approximate surface area is 70.5 Å². The van der Waals surface area contributed by atoms with Crippen LogP contribution in [0.1, 0.15) is 6.92 Å². The molecule has 0 unspecified atom stereocenters. The van der Waals surface area contributed by atoms with Crippen molar-refractivity contribution in [1.29, 1.82) is 0 Å². The summed E-state index contributed by atoms with van der Waals surface area (Å²) in [6.45, 7) is 0.660. The van der Waals surface area contributed by atoms with Crippen molar-refractivity contribution in [3.8, 4) is 0 Å². The predicted octanol–water partition coefficient (Wildman–Crippen LogP) is 0.898. The van der Waals surface area contributed by atoms with Crippen molar-refractivity contribution in [2.45, 2.75) is 17.4 Å². The van der Waals surface area contributed by atoms with Gasteiger partial charge in [-0.05, 0) is 22.9 Å². The molecule has 11 heavy (non-hydrogen) atoms. The number of halogens is 3. The largest absolute Gasteiger partial charge is 0.467 e. The summed E-state index contributed by atoms with van der Waals surface area (Å²) in [5, 5.41) is 8.85. The molecule has 3 nitrogen and oxygen atoms in total. The van der Waals surface area contributed by atoms with Gasteiger partial charge in [0.15, 0.2) is 0 Å². The zero-order valence-electron chi connectivity index (χ0n) is 5.90. The summed E-state index contributed by atoms with van der Waals surface area (Å²) >= 11 is 1.86. The van der Waals surface area contributed by atoms with Gasteiger partial charge in [-0.3, -0.25) is 0 Å². The number of ether oxygens (including phenoxy) is 1. The zero-order chi connectivity index (χ0) is 9.28. The lowest BCUT2D eigenvalue weighted by Gasteiger charge is -2.24. The van der Waals surface area contributed by atoms with E-state index in [0.717, 1.165) is 7.11 Å². The van der Waals surface area contributed by atoms with Crippen LogP contribution in [-0.2, 0) is 9.53 Å². The Bertz CT molecular complexity index is 164. The summed E-state index contributed by atoms with van der Waals surface area (Å²) < 4.78 is 28.5. The number of carbonyl (C=O) groups is 1. The van der Waals surface area contributed by atoms with Crippen molar-refractivity contribution in [2.24, 2.45) is 0 Å². The van der Waals surface area contributed by atoms with Gasteiger partial charge in [0.1, 0.15) is 0 Å². The summed E-state index contributed by atoms with van der Waals surface area (Å²) in [7, 11) is 0.912. The highest BCUT2D eigenvalue weighted by Crippen LogP contribution is 2.35. The maximum Gasteiger partial charge on any atom is 0.345 e. The second-order valence-electron chi connectivity index (χ2n) is 2.06. The van der Waals surface area contributed by atoms with E-state index in [2.05, 4.69) is 4.74 Å². The van der Waals surface area contributed by atoms with E-state index in [-0.39, 0.29) is 0 Å².